The van der Waals surface area contributed by atoms with Crippen LogP contribution in [-0.2, 0) is 17.8 Å². The predicted octanol–water partition coefficient (Wildman–Crippen LogP) is 4.42. The molecule has 0 saturated carbocycles. The quantitative estimate of drug-likeness (QED) is 0.557. The molecule has 0 radical (unpaired) electrons. The first kappa shape index (κ1) is 17.7. The first-order chi connectivity index (χ1) is 13.3. The summed E-state index contributed by atoms with van der Waals surface area (Å²) in [5.74, 6) is 0.709. The lowest BCUT2D eigenvalue weighted by atomic mass is 10.0. The van der Waals surface area contributed by atoms with E-state index in [1.165, 1.54) is 12.8 Å². The Morgan fingerprint density at radius 1 is 1.22 bits per heavy atom. The van der Waals surface area contributed by atoms with Gasteiger partial charge in [-0.1, -0.05) is 36.4 Å². The van der Waals surface area contributed by atoms with Gasteiger partial charge in [0.2, 0.25) is 0 Å². The van der Waals surface area contributed by atoms with Crippen molar-refractivity contribution in [1.82, 2.24) is 19.3 Å². The monoisotopic (exact) mass is 362 g/mol. The van der Waals surface area contributed by atoms with E-state index in [0.717, 1.165) is 48.7 Å². The standard InChI is InChI=1S/C22H26N4O/c1-2-11-26-15-20(14-24-26)22-21(19-8-4-3-5-9-19)23-17-25(22)12-6-7-18-10-13-27-16-18/h2-5,8-9,14-15,17-18H,1,6-7,10-13,16H2/t18-/m0/s1. The van der Waals surface area contributed by atoms with Gasteiger partial charge in [0.25, 0.3) is 0 Å². The zero-order valence-corrected chi connectivity index (χ0v) is 15.6. The average molecular weight is 362 g/mol. The Balaban J connectivity index is 1.61. The summed E-state index contributed by atoms with van der Waals surface area (Å²) in [4.78, 5) is 4.75. The lowest BCUT2D eigenvalue weighted by Gasteiger charge is -2.11. The van der Waals surface area contributed by atoms with Crippen LogP contribution < -0.4 is 0 Å². The van der Waals surface area contributed by atoms with Crippen molar-refractivity contribution in [3.05, 3.63) is 61.7 Å². The molecule has 0 aliphatic carbocycles. The number of imidazole rings is 1. The summed E-state index contributed by atoms with van der Waals surface area (Å²) in [7, 11) is 0. The van der Waals surface area contributed by atoms with Crippen LogP contribution in [0.4, 0.5) is 0 Å². The fraction of sp³-hybridized carbons (Fsp3) is 0.364. The Kier molecular flexibility index (Phi) is 5.49. The molecule has 2 aromatic heterocycles. The second-order valence-corrected chi connectivity index (χ2v) is 7.11. The third-order valence-corrected chi connectivity index (χ3v) is 5.14. The van der Waals surface area contributed by atoms with E-state index in [0.29, 0.717) is 12.5 Å². The van der Waals surface area contributed by atoms with Crippen LogP contribution in [0.25, 0.3) is 22.5 Å². The topological polar surface area (TPSA) is 44.9 Å². The molecule has 5 heteroatoms. The zero-order valence-electron chi connectivity index (χ0n) is 15.6. The van der Waals surface area contributed by atoms with Crippen molar-refractivity contribution in [2.45, 2.75) is 32.4 Å². The minimum atomic E-state index is 0.705. The van der Waals surface area contributed by atoms with Crippen molar-refractivity contribution < 1.29 is 4.74 Å². The molecule has 27 heavy (non-hydrogen) atoms. The molecule has 0 amide bonds. The minimum Gasteiger partial charge on any atom is -0.381 e. The lowest BCUT2D eigenvalue weighted by molar-refractivity contribution is 0.183. The van der Waals surface area contributed by atoms with Crippen molar-refractivity contribution in [3.8, 4) is 22.5 Å². The molecular weight excluding hydrogens is 336 g/mol. The van der Waals surface area contributed by atoms with E-state index in [4.69, 9.17) is 9.72 Å². The highest BCUT2D eigenvalue weighted by Gasteiger charge is 2.18. The smallest absolute Gasteiger partial charge is 0.0964 e. The molecule has 1 aliphatic rings. The van der Waals surface area contributed by atoms with Crippen LogP contribution in [0.5, 0.6) is 0 Å². The van der Waals surface area contributed by atoms with Gasteiger partial charge < -0.3 is 9.30 Å². The van der Waals surface area contributed by atoms with Gasteiger partial charge in [-0.3, -0.25) is 4.68 Å². The Labute approximate surface area is 160 Å². The molecule has 4 rings (SSSR count). The number of aryl methyl sites for hydroxylation is 1. The molecule has 0 unspecified atom stereocenters. The summed E-state index contributed by atoms with van der Waals surface area (Å²) in [5, 5.41) is 4.47. The fourth-order valence-corrected chi connectivity index (χ4v) is 3.74. The predicted molar refractivity (Wildman–Crippen MR) is 107 cm³/mol. The number of hydrogen-bond acceptors (Lipinski definition) is 3. The van der Waals surface area contributed by atoms with Crippen LogP contribution in [0.2, 0.25) is 0 Å². The molecule has 1 aliphatic heterocycles. The molecule has 1 saturated heterocycles. The van der Waals surface area contributed by atoms with Crippen LogP contribution in [0.1, 0.15) is 19.3 Å². The van der Waals surface area contributed by atoms with E-state index in [9.17, 15) is 0 Å². The van der Waals surface area contributed by atoms with Gasteiger partial charge in [0.15, 0.2) is 0 Å². The van der Waals surface area contributed by atoms with E-state index >= 15 is 0 Å². The molecule has 0 bridgehead atoms. The van der Waals surface area contributed by atoms with E-state index in [1.54, 1.807) is 0 Å². The number of rotatable bonds is 8. The maximum Gasteiger partial charge on any atom is 0.0964 e. The highest BCUT2D eigenvalue weighted by molar-refractivity contribution is 5.78. The molecular formula is C22H26N4O. The van der Waals surface area contributed by atoms with Crippen molar-refractivity contribution >= 4 is 0 Å². The molecule has 3 aromatic rings. The number of nitrogens with zero attached hydrogens (tertiary/aromatic N) is 4. The maximum absolute atomic E-state index is 5.50. The van der Waals surface area contributed by atoms with Gasteiger partial charge in [-0.15, -0.1) is 6.58 Å². The average Bonchev–Trinajstić information content (AvgIpc) is 3.43. The summed E-state index contributed by atoms with van der Waals surface area (Å²) in [6.07, 6.45) is 11.4. The summed E-state index contributed by atoms with van der Waals surface area (Å²) in [6, 6.07) is 10.4. The van der Waals surface area contributed by atoms with Crippen LogP contribution in [0.15, 0.2) is 61.7 Å². The number of hydrogen-bond donors (Lipinski definition) is 0. The van der Waals surface area contributed by atoms with E-state index in [1.807, 2.05) is 29.3 Å². The Bertz CT molecular complexity index is 875. The van der Waals surface area contributed by atoms with Crippen LogP contribution >= 0.6 is 0 Å². The molecule has 1 atom stereocenters. The first-order valence-corrected chi connectivity index (χ1v) is 9.67. The van der Waals surface area contributed by atoms with Gasteiger partial charge in [0.05, 0.1) is 30.5 Å². The van der Waals surface area contributed by atoms with Gasteiger partial charge in [-0.05, 0) is 25.2 Å². The normalized spacial score (nSPS) is 16.7. The second kappa shape index (κ2) is 8.35. The Morgan fingerprint density at radius 2 is 2.11 bits per heavy atom. The third-order valence-electron chi connectivity index (χ3n) is 5.14. The first-order valence-electron chi connectivity index (χ1n) is 9.67. The molecule has 1 aromatic carbocycles. The summed E-state index contributed by atoms with van der Waals surface area (Å²) in [5.41, 5.74) is 4.38. The Morgan fingerprint density at radius 3 is 2.89 bits per heavy atom. The molecule has 140 valence electrons. The fourth-order valence-electron chi connectivity index (χ4n) is 3.74. The van der Waals surface area contributed by atoms with Crippen molar-refractivity contribution in [2.75, 3.05) is 13.2 Å². The van der Waals surface area contributed by atoms with Gasteiger partial charge in [-0.2, -0.15) is 5.10 Å². The van der Waals surface area contributed by atoms with E-state index in [-0.39, 0.29) is 0 Å². The van der Waals surface area contributed by atoms with Gasteiger partial charge in [0, 0.05) is 37.1 Å². The zero-order chi connectivity index (χ0) is 18.5. The molecule has 0 N–H and O–H groups in total. The molecule has 5 nitrogen and oxygen atoms in total. The number of ether oxygens (including phenoxy) is 1. The van der Waals surface area contributed by atoms with Crippen LogP contribution in [0.3, 0.4) is 0 Å². The number of aromatic nitrogens is 4. The number of benzene rings is 1. The molecule has 1 fully saturated rings. The Hall–Kier alpha value is -2.66. The highest BCUT2D eigenvalue weighted by Crippen LogP contribution is 2.31. The molecule has 0 spiro atoms. The van der Waals surface area contributed by atoms with E-state index in [2.05, 4.69) is 46.7 Å². The molecule has 3 heterocycles. The van der Waals surface area contributed by atoms with Crippen LogP contribution in [-0.4, -0.2) is 32.5 Å². The lowest BCUT2D eigenvalue weighted by Crippen LogP contribution is -2.04. The van der Waals surface area contributed by atoms with Crippen LogP contribution in [0, 0.1) is 5.92 Å². The largest absolute Gasteiger partial charge is 0.381 e. The van der Waals surface area contributed by atoms with Gasteiger partial charge in [0.1, 0.15) is 0 Å². The highest BCUT2D eigenvalue weighted by atomic mass is 16.5. The summed E-state index contributed by atoms with van der Waals surface area (Å²) in [6.45, 7) is 7.30. The van der Waals surface area contributed by atoms with Crippen molar-refractivity contribution in [2.24, 2.45) is 5.92 Å². The minimum absolute atomic E-state index is 0.705. The maximum atomic E-state index is 5.50. The van der Waals surface area contributed by atoms with Gasteiger partial charge in [-0.25, -0.2) is 4.98 Å². The van der Waals surface area contributed by atoms with Crippen molar-refractivity contribution in [1.29, 1.82) is 0 Å². The van der Waals surface area contributed by atoms with E-state index < -0.39 is 0 Å². The number of allylic oxidation sites excluding steroid dienone is 1. The van der Waals surface area contributed by atoms with Crippen molar-refractivity contribution in [3.63, 3.8) is 0 Å². The SMILES string of the molecule is C=CCn1cc(-c2c(-c3ccccc3)ncn2CCC[C@H]2CCOC2)cn1. The second-order valence-electron chi connectivity index (χ2n) is 7.11. The third kappa shape index (κ3) is 4.03. The van der Waals surface area contributed by atoms with Gasteiger partial charge >= 0.3 is 0 Å². The summed E-state index contributed by atoms with van der Waals surface area (Å²) < 4.78 is 9.68. The summed E-state index contributed by atoms with van der Waals surface area (Å²) >= 11 is 0.